The third-order valence-corrected chi connectivity index (χ3v) is 2.44. The van der Waals surface area contributed by atoms with Crippen LogP contribution < -0.4 is 10.6 Å². The zero-order chi connectivity index (χ0) is 12.7. The van der Waals surface area contributed by atoms with Crippen molar-refractivity contribution in [1.82, 2.24) is 10.6 Å². The van der Waals surface area contributed by atoms with Crippen molar-refractivity contribution in [3.63, 3.8) is 0 Å². The molecule has 1 amide bonds. The van der Waals surface area contributed by atoms with Crippen LogP contribution in [0.2, 0.25) is 0 Å². The Labute approximate surface area is 101 Å². The van der Waals surface area contributed by atoms with Gasteiger partial charge in [0, 0.05) is 17.7 Å². The lowest BCUT2D eigenvalue weighted by Crippen LogP contribution is -2.26. The first kappa shape index (κ1) is 13.4. The van der Waals surface area contributed by atoms with E-state index in [0.29, 0.717) is 17.7 Å². The number of ketones is 1. The SMILES string of the molecule is CNCCCNC(=O)c1ccc(C(C)=O)cc1. The molecule has 0 heterocycles. The Balaban J connectivity index is 2.49. The smallest absolute Gasteiger partial charge is 0.251 e. The molecule has 0 bridgehead atoms. The third kappa shape index (κ3) is 4.36. The van der Waals surface area contributed by atoms with Crippen molar-refractivity contribution in [2.75, 3.05) is 20.1 Å². The van der Waals surface area contributed by atoms with E-state index in [9.17, 15) is 9.59 Å². The van der Waals surface area contributed by atoms with E-state index in [1.54, 1.807) is 24.3 Å². The van der Waals surface area contributed by atoms with Gasteiger partial charge in [0.2, 0.25) is 0 Å². The Morgan fingerprint density at radius 3 is 2.18 bits per heavy atom. The van der Waals surface area contributed by atoms with Gasteiger partial charge in [-0.1, -0.05) is 12.1 Å². The van der Waals surface area contributed by atoms with Crippen LogP contribution in [0, 0.1) is 0 Å². The molecular weight excluding hydrogens is 216 g/mol. The molecule has 0 aliphatic rings. The van der Waals surface area contributed by atoms with Crippen molar-refractivity contribution in [2.24, 2.45) is 0 Å². The fourth-order valence-electron chi connectivity index (χ4n) is 1.43. The van der Waals surface area contributed by atoms with E-state index in [1.807, 2.05) is 7.05 Å². The quantitative estimate of drug-likeness (QED) is 0.575. The second-order valence-electron chi connectivity index (χ2n) is 3.85. The highest BCUT2D eigenvalue weighted by Crippen LogP contribution is 2.04. The number of hydrogen-bond acceptors (Lipinski definition) is 3. The lowest BCUT2D eigenvalue weighted by Gasteiger charge is -2.05. The van der Waals surface area contributed by atoms with Crippen molar-refractivity contribution in [3.05, 3.63) is 35.4 Å². The minimum atomic E-state index is -0.101. The number of carbonyl (C=O) groups is 2. The summed E-state index contributed by atoms with van der Waals surface area (Å²) in [5.74, 6) is -0.0952. The summed E-state index contributed by atoms with van der Waals surface area (Å²) in [4.78, 5) is 22.7. The molecule has 1 aromatic rings. The molecule has 0 spiro atoms. The summed E-state index contributed by atoms with van der Waals surface area (Å²) >= 11 is 0. The summed E-state index contributed by atoms with van der Waals surface area (Å²) in [6.07, 6.45) is 0.897. The first-order valence-electron chi connectivity index (χ1n) is 5.69. The molecule has 0 atom stereocenters. The Bertz CT molecular complexity index is 385. The molecule has 2 N–H and O–H groups in total. The molecule has 1 aromatic carbocycles. The van der Waals surface area contributed by atoms with Crippen LogP contribution in [0.4, 0.5) is 0 Å². The number of nitrogens with one attached hydrogen (secondary N) is 2. The maximum absolute atomic E-state index is 11.7. The van der Waals surface area contributed by atoms with Crippen molar-refractivity contribution < 1.29 is 9.59 Å². The molecule has 4 nitrogen and oxygen atoms in total. The van der Waals surface area contributed by atoms with Crippen LogP contribution in [0.5, 0.6) is 0 Å². The zero-order valence-electron chi connectivity index (χ0n) is 10.2. The lowest BCUT2D eigenvalue weighted by atomic mass is 10.1. The highest BCUT2D eigenvalue weighted by Gasteiger charge is 2.05. The Morgan fingerprint density at radius 2 is 1.65 bits per heavy atom. The van der Waals surface area contributed by atoms with Crippen LogP contribution in [0.1, 0.15) is 34.1 Å². The van der Waals surface area contributed by atoms with Crippen LogP contribution in [-0.2, 0) is 0 Å². The predicted molar refractivity (Wildman–Crippen MR) is 67.3 cm³/mol. The fourth-order valence-corrected chi connectivity index (χ4v) is 1.43. The highest BCUT2D eigenvalue weighted by atomic mass is 16.1. The molecule has 4 heteroatoms. The number of amides is 1. The van der Waals surface area contributed by atoms with Gasteiger partial charge in [-0.05, 0) is 39.1 Å². The monoisotopic (exact) mass is 234 g/mol. The largest absolute Gasteiger partial charge is 0.352 e. The van der Waals surface area contributed by atoms with E-state index in [4.69, 9.17) is 0 Å². The molecule has 17 heavy (non-hydrogen) atoms. The minimum Gasteiger partial charge on any atom is -0.352 e. The fraction of sp³-hybridized carbons (Fsp3) is 0.385. The van der Waals surface area contributed by atoms with Gasteiger partial charge in [-0.3, -0.25) is 9.59 Å². The van der Waals surface area contributed by atoms with Gasteiger partial charge in [0.05, 0.1) is 0 Å². The molecule has 0 aliphatic carbocycles. The normalized spacial score (nSPS) is 10.0. The van der Waals surface area contributed by atoms with Crippen LogP contribution in [0.15, 0.2) is 24.3 Å². The summed E-state index contributed by atoms with van der Waals surface area (Å²) in [7, 11) is 1.88. The number of carbonyl (C=O) groups excluding carboxylic acids is 2. The molecule has 0 saturated heterocycles. The molecule has 0 saturated carbocycles. The van der Waals surface area contributed by atoms with Gasteiger partial charge in [0.1, 0.15) is 0 Å². The Hall–Kier alpha value is -1.68. The van der Waals surface area contributed by atoms with Gasteiger partial charge in [-0.15, -0.1) is 0 Å². The second kappa shape index (κ2) is 6.81. The van der Waals surface area contributed by atoms with Crippen molar-refractivity contribution in [1.29, 1.82) is 0 Å². The molecular formula is C13H18N2O2. The van der Waals surface area contributed by atoms with Gasteiger partial charge in [0.25, 0.3) is 5.91 Å². The van der Waals surface area contributed by atoms with Crippen LogP contribution >= 0.6 is 0 Å². The zero-order valence-corrected chi connectivity index (χ0v) is 10.2. The minimum absolute atomic E-state index is 0.00554. The maximum atomic E-state index is 11.7. The lowest BCUT2D eigenvalue weighted by molar-refractivity contribution is 0.0951. The number of benzene rings is 1. The van der Waals surface area contributed by atoms with E-state index >= 15 is 0 Å². The molecule has 0 fully saturated rings. The standard InChI is InChI=1S/C13H18N2O2/c1-10(16)11-4-6-12(7-5-11)13(17)15-9-3-8-14-2/h4-7,14H,3,8-9H2,1-2H3,(H,15,17). The summed E-state index contributed by atoms with van der Waals surface area (Å²) < 4.78 is 0. The van der Waals surface area contributed by atoms with Crippen LogP contribution in [0.3, 0.4) is 0 Å². The highest BCUT2D eigenvalue weighted by molar-refractivity contribution is 5.97. The molecule has 0 radical (unpaired) electrons. The van der Waals surface area contributed by atoms with Gasteiger partial charge < -0.3 is 10.6 Å². The molecule has 92 valence electrons. The third-order valence-electron chi connectivity index (χ3n) is 2.44. The van der Waals surface area contributed by atoms with Crippen molar-refractivity contribution in [3.8, 4) is 0 Å². The van der Waals surface area contributed by atoms with Gasteiger partial charge >= 0.3 is 0 Å². The Kier molecular flexibility index (Phi) is 5.36. The van der Waals surface area contributed by atoms with Crippen LogP contribution in [-0.4, -0.2) is 31.8 Å². The number of hydrogen-bond donors (Lipinski definition) is 2. The number of Topliss-reactive ketones (excluding diaryl/α,β-unsaturated/α-hetero) is 1. The molecule has 0 aromatic heterocycles. The molecule has 1 rings (SSSR count). The van der Waals surface area contributed by atoms with Gasteiger partial charge in [-0.25, -0.2) is 0 Å². The average Bonchev–Trinajstić information content (AvgIpc) is 2.34. The van der Waals surface area contributed by atoms with E-state index < -0.39 is 0 Å². The van der Waals surface area contributed by atoms with Crippen molar-refractivity contribution in [2.45, 2.75) is 13.3 Å². The van der Waals surface area contributed by atoms with E-state index in [2.05, 4.69) is 10.6 Å². The van der Waals surface area contributed by atoms with E-state index in [0.717, 1.165) is 13.0 Å². The van der Waals surface area contributed by atoms with Crippen molar-refractivity contribution >= 4 is 11.7 Å². The van der Waals surface area contributed by atoms with E-state index in [-0.39, 0.29) is 11.7 Å². The second-order valence-corrected chi connectivity index (χ2v) is 3.85. The maximum Gasteiger partial charge on any atom is 0.251 e. The topological polar surface area (TPSA) is 58.2 Å². The van der Waals surface area contributed by atoms with Gasteiger partial charge in [0.15, 0.2) is 5.78 Å². The first-order chi connectivity index (χ1) is 8.15. The summed E-state index contributed by atoms with van der Waals surface area (Å²) in [6.45, 7) is 3.03. The van der Waals surface area contributed by atoms with Crippen LogP contribution in [0.25, 0.3) is 0 Å². The molecule has 0 aliphatic heterocycles. The number of rotatable bonds is 6. The summed E-state index contributed by atoms with van der Waals surface area (Å²) in [5.41, 5.74) is 1.20. The summed E-state index contributed by atoms with van der Waals surface area (Å²) in [6, 6.07) is 6.68. The average molecular weight is 234 g/mol. The Morgan fingerprint density at radius 1 is 1.06 bits per heavy atom. The van der Waals surface area contributed by atoms with E-state index in [1.165, 1.54) is 6.92 Å². The first-order valence-corrected chi connectivity index (χ1v) is 5.69. The van der Waals surface area contributed by atoms with Gasteiger partial charge in [-0.2, -0.15) is 0 Å². The molecule has 0 unspecified atom stereocenters. The predicted octanol–water partition coefficient (Wildman–Crippen LogP) is 1.23. The summed E-state index contributed by atoms with van der Waals surface area (Å²) in [5, 5.41) is 5.83.